The Labute approximate surface area is 186 Å². The molecule has 2 aliphatic heterocycles. The Morgan fingerprint density at radius 3 is 2.79 bits per heavy atom. The second kappa shape index (κ2) is 9.56. The second-order valence-electron chi connectivity index (χ2n) is 6.53. The molecule has 0 amide bonds. The van der Waals surface area contributed by atoms with Gasteiger partial charge in [0.25, 0.3) is 0 Å². The lowest BCUT2D eigenvalue weighted by molar-refractivity contribution is 0.262. The smallest absolute Gasteiger partial charge is 0.189 e. The second-order valence-corrected chi connectivity index (χ2v) is 6.94. The van der Waals surface area contributed by atoms with Crippen LogP contribution in [-0.4, -0.2) is 25.8 Å². The van der Waals surface area contributed by atoms with Crippen LogP contribution in [0.4, 0.5) is 0 Å². The van der Waals surface area contributed by atoms with Gasteiger partial charge in [-0.05, 0) is 23.8 Å². The molecule has 0 saturated heterocycles. The number of guanidine groups is 1. The first-order chi connectivity index (χ1) is 13.2. The molecule has 2 heterocycles. The molecule has 4 rings (SSSR count). The molecule has 1 unspecified atom stereocenters. The van der Waals surface area contributed by atoms with Gasteiger partial charge in [-0.2, -0.15) is 0 Å². The maximum Gasteiger partial charge on any atom is 0.189 e. The highest BCUT2D eigenvalue weighted by Gasteiger charge is 2.21. The molecule has 0 aliphatic carbocycles. The molecule has 0 saturated carbocycles. The molecule has 0 fully saturated rings. The molecular formula is C20H23ClIN3O3. The van der Waals surface area contributed by atoms with Crippen LogP contribution in [0.3, 0.4) is 0 Å². The van der Waals surface area contributed by atoms with E-state index < -0.39 is 0 Å². The van der Waals surface area contributed by atoms with E-state index in [0.29, 0.717) is 48.8 Å². The minimum absolute atomic E-state index is 0. The maximum absolute atomic E-state index is 6.33. The van der Waals surface area contributed by atoms with Crippen molar-refractivity contribution in [2.75, 3.05) is 19.8 Å². The number of para-hydroxylation sites is 1. The van der Waals surface area contributed by atoms with Crippen LogP contribution in [0.25, 0.3) is 0 Å². The summed E-state index contributed by atoms with van der Waals surface area (Å²) in [6, 6.07) is 11.8. The van der Waals surface area contributed by atoms with Crippen LogP contribution in [0, 0.1) is 0 Å². The zero-order chi connectivity index (χ0) is 18.6. The average molecular weight is 516 g/mol. The quantitative estimate of drug-likeness (QED) is 0.366. The number of nitrogens with two attached hydrogens (primary N) is 1. The summed E-state index contributed by atoms with van der Waals surface area (Å²) in [5, 5.41) is 3.82. The van der Waals surface area contributed by atoms with Gasteiger partial charge in [-0.25, -0.2) is 4.99 Å². The number of halogens is 2. The van der Waals surface area contributed by atoms with E-state index in [1.54, 1.807) is 0 Å². The molecular weight excluding hydrogens is 493 g/mol. The minimum atomic E-state index is 0. The van der Waals surface area contributed by atoms with Crippen molar-refractivity contribution in [3.8, 4) is 17.2 Å². The molecule has 28 heavy (non-hydrogen) atoms. The summed E-state index contributed by atoms with van der Waals surface area (Å²) < 4.78 is 17.1. The molecule has 1 atom stereocenters. The summed E-state index contributed by atoms with van der Waals surface area (Å²) in [6.07, 6.45) is 1.67. The summed E-state index contributed by atoms with van der Waals surface area (Å²) in [5.74, 6) is 2.55. The van der Waals surface area contributed by atoms with Crippen LogP contribution in [-0.2, 0) is 6.54 Å². The lowest BCUT2D eigenvalue weighted by Gasteiger charge is -2.26. The first-order valence-electron chi connectivity index (χ1n) is 9.07. The molecule has 0 bridgehead atoms. The van der Waals surface area contributed by atoms with Gasteiger partial charge in [0.15, 0.2) is 17.5 Å². The summed E-state index contributed by atoms with van der Waals surface area (Å²) in [7, 11) is 0. The van der Waals surface area contributed by atoms with Crippen molar-refractivity contribution in [3.63, 3.8) is 0 Å². The van der Waals surface area contributed by atoms with E-state index in [2.05, 4.69) is 10.3 Å². The maximum atomic E-state index is 6.33. The summed E-state index contributed by atoms with van der Waals surface area (Å²) in [5.41, 5.74) is 8.14. The Balaban J connectivity index is 0.00000225. The third-order valence-corrected chi connectivity index (χ3v) is 4.86. The van der Waals surface area contributed by atoms with Crippen molar-refractivity contribution in [3.05, 3.63) is 52.5 Å². The monoisotopic (exact) mass is 515 g/mol. The van der Waals surface area contributed by atoms with E-state index in [1.165, 1.54) is 0 Å². The Morgan fingerprint density at radius 1 is 1.11 bits per heavy atom. The van der Waals surface area contributed by atoms with Crippen molar-refractivity contribution in [1.29, 1.82) is 0 Å². The third-order valence-electron chi connectivity index (χ3n) is 4.57. The highest BCUT2D eigenvalue weighted by molar-refractivity contribution is 14.0. The molecule has 0 radical (unpaired) electrons. The van der Waals surface area contributed by atoms with Gasteiger partial charge in [0, 0.05) is 18.4 Å². The topological polar surface area (TPSA) is 78.1 Å². The summed E-state index contributed by atoms with van der Waals surface area (Å²) in [6.45, 7) is 2.27. The van der Waals surface area contributed by atoms with E-state index >= 15 is 0 Å². The van der Waals surface area contributed by atoms with E-state index in [-0.39, 0.29) is 30.0 Å². The predicted octanol–water partition coefficient (Wildman–Crippen LogP) is 4.05. The molecule has 2 aromatic rings. The lowest BCUT2D eigenvalue weighted by Crippen LogP contribution is -2.37. The fourth-order valence-corrected chi connectivity index (χ4v) is 3.56. The van der Waals surface area contributed by atoms with E-state index in [9.17, 15) is 0 Å². The van der Waals surface area contributed by atoms with Crippen molar-refractivity contribution >= 4 is 41.5 Å². The van der Waals surface area contributed by atoms with Gasteiger partial charge < -0.3 is 25.3 Å². The van der Waals surface area contributed by atoms with Gasteiger partial charge >= 0.3 is 0 Å². The van der Waals surface area contributed by atoms with Gasteiger partial charge in [0.2, 0.25) is 0 Å². The largest absolute Gasteiger partial charge is 0.493 e. The average Bonchev–Trinajstić information content (AvgIpc) is 2.93. The zero-order valence-electron chi connectivity index (χ0n) is 15.3. The number of ether oxygens (including phenoxy) is 3. The standard InChI is InChI=1S/C20H22ClN3O3.HI/c21-15-10-13(11-18-19(15)27-8-3-7-25-18)12-23-20(22)24-16-6-9-26-17-5-2-1-4-14(16)17;/h1-2,4-5,10-11,16H,3,6-9,12H2,(H3,22,23,24);1H. The Bertz CT molecular complexity index is 863. The number of benzene rings is 2. The normalized spacial score (nSPS) is 18.2. The molecule has 8 heteroatoms. The molecule has 0 spiro atoms. The fourth-order valence-electron chi connectivity index (χ4n) is 3.27. The van der Waals surface area contributed by atoms with E-state index in [4.69, 9.17) is 31.5 Å². The lowest BCUT2D eigenvalue weighted by atomic mass is 10.0. The third kappa shape index (κ3) is 4.75. The van der Waals surface area contributed by atoms with Crippen LogP contribution < -0.4 is 25.3 Å². The van der Waals surface area contributed by atoms with Crippen molar-refractivity contribution < 1.29 is 14.2 Å². The molecule has 150 valence electrons. The number of nitrogens with one attached hydrogen (secondary N) is 1. The van der Waals surface area contributed by atoms with Crippen molar-refractivity contribution in [2.24, 2.45) is 10.7 Å². The van der Waals surface area contributed by atoms with Gasteiger partial charge in [-0.15, -0.1) is 24.0 Å². The molecule has 6 nitrogen and oxygen atoms in total. The minimum Gasteiger partial charge on any atom is -0.493 e. The van der Waals surface area contributed by atoms with Crippen LogP contribution in [0.15, 0.2) is 41.4 Å². The first kappa shape index (κ1) is 20.9. The number of hydrogen-bond acceptors (Lipinski definition) is 4. The Morgan fingerprint density at radius 2 is 1.89 bits per heavy atom. The Kier molecular flexibility index (Phi) is 7.12. The predicted molar refractivity (Wildman–Crippen MR) is 120 cm³/mol. The van der Waals surface area contributed by atoms with E-state index in [0.717, 1.165) is 29.7 Å². The molecule has 2 aliphatic rings. The number of nitrogens with zero attached hydrogens (tertiary/aromatic N) is 1. The molecule has 0 aromatic heterocycles. The SMILES string of the molecule is I.NC(=NCc1cc(Cl)c2c(c1)OCCCO2)NC1CCOc2ccccc21. The summed E-state index contributed by atoms with van der Waals surface area (Å²) >= 11 is 6.33. The molecule has 3 N–H and O–H groups in total. The zero-order valence-corrected chi connectivity index (χ0v) is 18.4. The number of rotatable bonds is 3. The van der Waals surface area contributed by atoms with Gasteiger partial charge in [0.1, 0.15) is 5.75 Å². The number of fused-ring (bicyclic) bond motifs is 2. The summed E-state index contributed by atoms with van der Waals surface area (Å²) in [4.78, 5) is 4.46. The highest BCUT2D eigenvalue weighted by atomic mass is 127. The van der Waals surface area contributed by atoms with Gasteiger partial charge in [-0.1, -0.05) is 29.8 Å². The van der Waals surface area contributed by atoms with Gasteiger partial charge in [-0.3, -0.25) is 0 Å². The van der Waals surface area contributed by atoms with Crippen LogP contribution in [0.2, 0.25) is 5.02 Å². The van der Waals surface area contributed by atoms with Crippen molar-refractivity contribution in [1.82, 2.24) is 5.32 Å². The highest BCUT2D eigenvalue weighted by Crippen LogP contribution is 2.38. The van der Waals surface area contributed by atoms with Gasteiger partial charge in [0.05, 0.1) is 37.4 Å². The van der Waals surface area contributed by atoms with E-state index in [1.807, 2.05) is 36.4 Å². The van der Waals surface area contributed by atoms with Crippen LogP contribution in [0.1, 0.15) is 30.0 Å². The molecule has 2 aromatic carbocycles. The Hall–Kier alpha value is -1.87. The first-order valence-corrected chi connectivity index (χ1v) is 9.45. The van der Waals surface area contributed by atoms with Crippen molar-refractivity contribution in [2.45, 2.75) is 25.4 Å². The van der Waals surface area contributed by atoms with Crippen LogP contribution >= 0.6 is 35.6 Å². The number of aliphatic imine (C=N–C) groups is 1. The van der Waals surface area contributed by atoms with Crippen LogP contribution in [0.5, 0.6) is 17.2 Å². The fraction of sp³-hybridized carbons (Fsp3) is 0.350. The number of hydrogen-bond donors (Lipinski definition) is 2.